The summed E-state index contributed by atoms with van der Waals surface area (Å²) in [4.78, 5) is 13.0. The standard InChI is InChI=1S/C15H24N4O2/c1-9(2)5-10-6-11(15(17)18)14(16)12(7-10)21-8-13(20)19(3)4/h6-7,9H,5,8,16H2,1-4H3,(H3,17,18). The Morgan fingerprint density at radius 2 is 2.00 bits per heavy atom. The lowest BCUT2D eigenvalue weighted by atomic mass is 9.99. The minimum atomic E-state index is -0.159. The molecule has 6 heteroatoms. The summed E-state index contributed by atoms with van der Waals surface area (Å²) in [5, 5.41) is 7.60. The highest BCUT2D eigenvalue weighted by Crippen LogP contribution is 2.28. The van der Waals surface area contributed by atoms with Crippen molar-refractivity contribution in [3.8, 4) is 5.75 Å². The van der Waals surface area contributed by atoms with Crippen molar-refractivity contribution in [1.29, 1.82) is 5.41 Å². The quantitative estimate of drug-likeness (QED) is 0.416. The minimum absolute atomic E-state index is 0.0975. The Morgan fingerprint density at radius 1 is 1.38 bits per heavy atom. The molecule has 1 rings (SSSR count). The van der Waals surface area contributed by atoms with Gasteiger partial charge in [0.25, 0.3) is 5.91 Å². The molecular weight excluding hydrogens is 268 g/mol. The molecule has 0 aliphatic carbocycles. The number of nitrogens with zero attached hydrogens (tertiary/aromatic N) is 1. The monoisotopic (exact) mass is 292 g/mol. The van der Waals surface area contributed by atoms with Crippen LogP contribution in [0, 0.1) is 11.3 Å². The number of nitrogen functional groups attached to an aromatic ring is 2. The van der Waals surface area contributed by atoms with E-state index in [1.165, 1.54) is 4.90 Å². The zero-order valence-corrected chi connectivity index (χ0v) is 13.1. The van der Waals surface area contributed by atoms with Crippen LogP contribution in [0.5, 0.6) is 5.75 Å². The normalized spacial score (nSPS) is 10.5. The number of benzene rings is 1. The topological polar surface area (TPSA) is 105 Å². The molecule has 1 aromatic carbocycles. The van der Waals surface area contributed by atoms with Gasteiger partial charge in [0.1, 0.15) is 11.6 Å². The van der Waals surface area contributed by atoms with Gasteiger partial charge in [-0.15, -0.1) is 0 Å². The number of anilines is 1. The van der Waals surface area contributed by atoms with Gasteiger partial charge >= 0.3 is 0 Å². The molecule has 0 heterocycles. The van der Waals surface area contributed by atoms with E-state index in [1.54, 1.807) is 20.2 Å². The number of likely N-dealkylation sites (N-methyl/N-ethyl adjacent to an activating group) is 1. The number of nitrogens with two attached hydrogens (primary N) is 2. The molecule has 0 atom stereocenters. The van der Waals surface area contributed by atoms with E-state index < -0.39 is 0 Å². The molecule has 0 aliphatic heterocycles. The van der Waals surface area contributed by atoms with E-state index in [0.29, 0.717) is 22.9 Å². The first kappa shape index (κ1) is 16.8. The maximum absolute atomic E-state index is 11.6. The number of hydrogen-bond donors (Lipinski definition) is 3. The first-order valence-corrected chi connectivity index (χ1v) is 6.82. The number of carbonyl (C=O) groups excluding carboxylic acids is 1. The third-order valence-corrected chi connectivity index (χ3v) is 2.99. The van der Waals surface area contributed by atoms with Gasteiger partial charge in [0.2, 0.25) is 0 Å². The SMILES string of the molecule is CC(C)Cc1cc(OCC(=O)N(C)C)c(N)c(C(=N)N)c1. The molecule has 5 N–H and O–H groups in total. The van der Waals surface area contributed by atoms with Gasteiger partial charge in [-0.2, -0.15) is 0 Å². The second kappa shape index (κ2) is 6.97. The first-order valence-electron chi connectivity index (χ1n) is 6.82. The van der Waals surface area contributed by atoms with Crippen LogP contribution < -0.4 is 16.2 Å². The van der Waals surface area contributed by atoms with Crippen molar-refractivity contribution in [2.45, 2.75) is 20.3 Å². The van der Waals surface area contributed by atoms with Crippen LogP contribution in [-0.4, -0.2) is 37.3 Å². The van der Waals surface area contributed by atoms with Crippen LogP contribution in [0.15, 0.2) is 12.1 Å². The number of carbonyl (C=O) groups is 1. The van der Waals surface area contributed by atoms with E-state index >= 15 is 0 Å². The van der Waals surface area contributed by atoms with Gasteiger partial charge in [-0.25, -0.2) is 0 Å². The Hall–Kier alpha value is -2.24. The minimum Gasteiger partial charge on any atom is -0.482 e. The Morgan fingerprint density at radius 3 is 2.48 bits per heavy atom. The van der Waals surface area contributed by atoms with Crippen LogP contribution >= 0.6 is 0 Å². The summed E-state index contributed by atoms with van der Waals surface area (Å²) in [6, 6.07) is 3.61. The molecule has 0 bridgehead atoms. The van der Waals surface area contributed by atoms with E-state index in [1.807, 2.05) is 6.07 Å². The zero-order valence-electron chi connectivity index (χ0n) is 13.1. The van der Waals surface area contributed by atoms with Crippen LogP contribution in [-0.2, 0) is 11.2 Å². The Labute approximate surface area is 125 Å². The highest BCUT2D eigenvalue weighted by atomic mass is 16.5. The van der Waals surface area contributed by atoms with Gasteiger partial charge in [-0.3, -0.25) is 10.2 Å². The largest absolute Gasteiger partial charge is 0.482 e. The average molecular weight is 292 g/mol. The highest BCUT2D eigenvalue weighted by Gasteiger charge is 2.14. The van der Waals surface area contributed by atoms with E-state index in [0.717, 1.165) is 12.0 Å². The van der Waals surface area contributed by atoms with Crippen LogP contribution in [0.1, 0.15) is 25.0 Å². The molecule has 116 valence electrons. The van der Waals surface area contributed by atoms with Crippen LogP contribution in [0.4, 0.5) is 5.69 Å². The third kappa shape index (κ3) is 4.66. The van der Waals surface area contributed by atoms with Crippen molar-refractivity contribution < 1.29 is 9.53 Å². The van der Waals surface area contributed by atoms with Gasteiger partial charge in [0, 0.05) is 19.7 Å². The Balaban J connectivity index is 3.08. The number of amides is 1. The van der Waals surface area contributed by atoms with Gasteiger partial charge in [0.05, 0.1) is 5.69 Å². The molecular formula is C15H24N4O2. The Kier molecular flexibility index (Phi) is 5.58. The van der Waals surface area contributed by atoms with Crippen molar-refractivity contribution in [1.82, 2.24) is 4.90 Å². The number of rotatable bonds is 6. The van der Waals surface area contributed by atoms with Crippen molar-refractivity contribution >= 4 is 17.4 Å². The van der Waals surface area contributed by atoms with Gasteiger partial charge in [-0.1, -0.05) is 13.8 Å². The second-order valence-corrected chi connectivity index (χ2v) is 5.64. The highest BCUT2D eigenvalue weighted by molar-refractivity contribution is 6.01. The van der Waals surface area contributed by atoms with Crippen LogP contribution in [0.3, 0.4) is 0 Å². The van der Waals surface area contributed by atoms with Gasteiger partial charge < -0.3 is 21.1 Å². The van der Waals surface area contributed by atoms with Crippen molar-refractivity contribution in [2.75, 3.05) is 26.4 Å². The van der Waals surface area contributed by atoms with Gasteiger partial charge in [0.15, 0.2) is 6.61 Å². The maximum atomic E-state index is 11.6. The van der Waals surface area contributed by atoms with E-state index in [9.17, 15) is 4.79 Å². The molecule has 1 amide bonds. The second-order valence-electron chi connectivity index (χ2n) is 5.64. The van der Waals surface area contributed by atoms with E-state index in [4.69, 9.17) is 21.6 Å². The fourth-order valence-electron chi connectivity index (χ4n) is 1.88. The van der Waals surface area contributed by atoms with E-state index in [-0.39, 0.29) is 18.3 Å². The average Bonchev–Trinajstić information content (AvgIpc) is 2.37. The fraction of sp³-hybridized carbons (Fsp3) is 0.467. The summed E-state index contributed by atoms with van der Waals surface area (Å²) < 4.78 is 5.50. The fourth-order valence-corrected chi connectivity index (χ4v) is 1.88. The molecule has 21 heavy (non-hydrogen) atoms. The molecule has 0 radical (unpaired) electrons. The number of nitrogens with one attached hydrogen (secondary N) is 1. The van der Waals surface area contributed by atoms with Crippen molar-refractivity contribution in [2.24, 2.45) is 11.7 Å². The van der Waals surface area contributed by atoms with Crippen LogP contribution in [0.25, 0.3) is 0 Å². The van der Waals surface area contributed by atoms with Crippen molar-refractivity contribution in [3.05, 3.63) is 23.3 Å². The summed E-state index contributed by atoms with van der Waals surface area (Å²) in [5.41, 5.74) is 13.3. The maximum Gasteiger partial charge on any atom is 0.259 e. The molecule has 0 aromatic heterocycles. The number of ether oxygens (including phenoxy) is 1. The molecule has 6 nitrogen and oxygen atoms in total. The summed E-state index contributed by atoms with van der Waals surface area (Å²) in [6.07, 6.45) is 0.818. The number of amidine groups is 1. The molecule has 0 unspecified atom stereocenters. The molecule has 0 saturated carbocycles. The molecule has 1 aromatic rings. The lowest BCUT2D eigenvalue weighted by Gasteiger charge is -2.16. The van der Waals surface area contributed by atoms with Crippen LogP contribution in [0.2, 0.25) is 0 Å². The van der Waals surface area contributed by atoms with Gasteiger partial charge in [-0.05, 0) is 30.0 Å². The van der Waals surface area contributed by atoms with Crippen molar-refractivity contribution in [3.63, 3.8) is 0 Å². The summed E-state index contributed by atoms with van der Waals surface area (Å²) in [7, 11) is 3.32. The predicted molar refractivity (Wildman–Crippen MR) is 84.6 cm³/mol. The third-order valence-electron chi connectivity index (χ3n) is 2.99. The Bertz CT molecular complexity index is 539. The first-order chi connectivity index (χ1) is 9.72. The molecule has 0 aliphatic rings. The lowest BCUT2D eigenvalue weighted by molar-refractivity contribution is -0.130. The summed E-state index contributed by atoms with van der Waals surface area (Å²) >= 11 is 0. The molecule has 0 fully saturated rings. The smallest absolute Gasteiger partial charge is 0.259 e. The zero-order chi connectivity index (χ0) is 16.2. The van der Waals surface area contributed by atoms with E-state index in [2.05, 4.69) is 13.8 Å². The summed E-state index contributed by atoms with van der Waals surface area (Å²) in [6.45, 7) is 4.10. The lowest BCUT2D eigenvalue weighted by Crippen LogP contribution is -2.28. The molecule has 0 spiro atoms. The number of hydrogen-bond acceptors (Lipinski definition) is 4. The molecule has 0 saturated heterocycles. The summed E-state index contributed by atoms with van der Waals surface area (Å²) in [5.74, 6) is 0.577. The predicted octanol–water partition coefficient (Wildman–Crippen LogP) is 1.22.